The molecule has 7 nitrogen and oxygen atoms in total. The van der Waals surface area contributed by atoms with Gasteiger partial charge in [-0.2, -0.15) is 0 Å². The minimum Gasteiger partial charge on any atom is -0.467 e. The molecule has 0 aliphatic carbocycles. The second-order valence-electron chi connectivity index (χ2n) is 7.94. The molecule has 174 valence electrons. The predicted molar refractivity (Wildman–Crippen MR) is 132 cm³/mol. The van der Waals surface area contributed by atoms with E-state index in [4.69, 9.17) is 9.40 Å². The highest BCUT2D eigenvalue weighted by molar-refractivity contribution is 8.00. The summed E-state index contributed by atoms with van der Waals surface area (Å²) >= 11 is 1.26. The zero-order valence-corrected chi connectivity index (χ0v) is 19.8. The minimum atomic E-state index is -0.457. The highest BCUT2D eigenvalue weighted by Gasteiger charge is 2.21. The van der Waals surface area contributed by atoms with Gasteiger partial charge in [-0.25, -0.2) is 4.98 Å². The van der Waals surface area contributed by atoms with Crippen LogP contribution in [-0.2, 0) is 17.8 Å². The van der Waals surface area contributed by atoms with E-state index in [1.165, 1.54) is 18.7 Å². The first-order chi connectivity index (χ1) is 16.4. The number of para-hydroxylation sites is 1. The van der Waals surface area contributed by atoms with Crippen LogP contribution >= 0.6 is 11.8 Å². The van der Waals surface area contributed by atoms with Crippen molar-refractivity contribution in [2.75, 3.05) is 6.54 Å². The van der Waals surface area contributed by atoms with Gasteiger partial charge >= 0.3 is 0 Å². The van der Waals surface area contributed by atoms with Crippen LogP contribution in [-0.4, -0.2) is 33.0 Å². The lowest BCUT2D eigenvalue weighted by Gasteiger charge is -2.15. The molecule has 4 aromatic rings. The number of carbonyl (C=O) groups excluding carboxylic acids is 2. The van der Waals surface area contributed by atoms with Crippen LogP contribution < -0.4 is 10.9 Å². The molecule has 2 aromatic carbocycles. The van der Waals surface area contributed by atoms with E-state index in [9.17, 15) is 14.4 Å². The molecule has 0 spiro atoms. The summed E-state index contributed by atoms with van der Waals surface area (Å²) in [5, 5.41) is 3.29. The molecule has 0 bridgehead atoms. The van der Waals surface area contributed by atoms with Crippen molar-refractivity contribution < 1.29 is 14.0 Å². The van der Waals surface area contributed by atoms with Crippen LogP contribution in [0.1, 0.15) is 35.5 Å². The predicted octanol–water partition coefficient (Wildman–Crippen LogP) is 4.08. The number of ketones is 1. The third kappa shape index (κ3) is 5.46. The zero-order valence-electron chi connectivity index (χ0n) is 19.0. The first-order valence-corrected chi connectivity index (χ1v) is 11.9. The SMILES string of the molecule is CC(=O)NCCc1ccc(C(=O)C(C)Sc2nc3ccccc3c(=O)n2Cc2ccco2)cc1. The van der Waals surface area contributed by atoms with Crippen molar-refractivity contribution in [3.63, 3.8) is 0 Å². The number of rotatable bonds is 9. The van der Waals surface area contributed by atoms with Gasteiger partial charge in [0.05, 0.1) is 29.0 Å². The maximum atomic E-state index is 13.2. The van der Waals surface area contributed by atoms with Gasteiger partial charge in [-0.3, -0.25) is 19.0 Å². The molecule has 34 heavy (non-hydrogen) atoms. The summed E-state index contributed by atoms with van der Waals surface area (Å²) in [5.41, 5.74) is 2.04. The van der Waals surface area contributed by atoms with E-state index in [2.05, 4.69) is 5.32 Å². The Kier molecular flexibility index (Phi) is 7.27. The molecule has 8 heteroatoms. The summed E-state index contributed by atoms with van der Waals surface area (Å²) < 4.78 is 7.00. The Hall–Kier alpha value is -3.65. The quantitative estimate of drug-likeness (QED) is 0.223. The Bertz CT molecular complexity index is 1360. The standard InChI is InChI=1S/C26H25N3O4S/c1-17(24(31)20-11-9-19(10-12-20)13-14-27-18(2)30)34-26-28-23-8-4-3-7-22(23)25(32)29(26)16-21-6-5-15-33-21/h3-12,15,17H,13-14,16H2,1-2H3,(H,27,30). The molecular formula is C26H25N3O4S. The number of nitrogens with zero attached hydrogens (tertiary/aromatic N) is 2. The monoisotopic (exact) mass is 475 g/mol. The van der Waals surface area contributed by atoms with Crippen molar-refractivity contribution in [1.82, 2.24) is 14.9 Å². The summed E-state index contributed by atoms with van der Waals surface area (Å²) in [5.74, 6) is 0.519. The van der Waals surface area contributed by atoms with E-state index < -0.39 is 5.25 Å². The van der Waals surface area contributed by atoms with E-state index in [-0.39, 0.29) is 23.8 Å². The number of nitrogens with one attached hydrogen (secondary N) is 1. The van der Waals surface area contributed by atoms with Gasteiger partial charge in [0.1, 0.15) is 5.76 Å². The van der Waals surface area contributed by atoms with Crippen LogP contribution in [0.5, 0.6) is 0 Å². The van der Waals surface area contributed by atoms with Crippen molar-refractivity contribution in [3.8, 4) is 0 Å². The molecule has 0 radical (unpaired) electrons. The van der Waals surface area contributed by atoms with E-state index in [1.54, 1.807) is 53.3 Å². The number of Topliss-reactive ketones (excluding diaryl/α,β-unsaturated/α-hetero) is 1. The first kappa shape index (κ1) is 23.5. The lowest BCUT2D eigenvalue weighted by molar-refractivity contribution is -0.118. The number of benzene rings is 2. The molecular weight excluding hydrogens is 450 g/mol. The average Bonchev–Trinajstić information content (AvgIpc) is 3.34. The van der Waals surface area contributed by atoms with Crippen LogP contribution in [0.15, 0.2) is 81.3 Å². The summed E-state index contributed by atoms with van der Waals surface area (Å²) in [6.45, 7) is 4.08. The number of hydrogen-bond donors (Lipinski definition) is 1. The fourth-order valence-corrected chi connectivity index (χ4v) is 4.59. The first-order valence-electron chi connectivity index (χ1n) is 11.0. The van der Waals surface area contributed by atoms with E-state index in [0.717, 1.165) is 5.56 Å². The van der Waals surface area contributed by atoms with Gasteiger partial charge in [0, 0.05) is 19.0 Å². The molecule has 0 aliphatic rings. The summed E-state index contributed by atoms with van der Waals surface area (Å²) in [7, 11) is 0. The van der Waals surface area contributed by atoms with Gasteiger partial charge in [-0.05, 0) is 43.2 Å². The van der Waals surface area contributed by atoms with Crippen molar-refractivity contribution in [1.29, 1.82) is 0 Å². The van der Waals surface area contributed by atoms with Gasteiger partial charge in [0.15, 0.2) is 10.9 Å². The van der Waals surface area contributed by atoms with Crippen molar-refractivity contribution in [2.24, 2.45) is 0 Å². The smallest absolute Gasteiger partial charge is 0.262 e. The number of thioether (sulfide) groups is 1. The summed E-state index contributed by atoms with van der Waals surface area (Å²) in [6.07, 6.45) is 2.26. The van der Waals surface area contributed by atoms with Crippen molar-refractivity contribution in [2.45, 2.75) is 37.2 Å². The molecule has 4 rings (SSSR count). The number of hydrogen-bond acceptors (Lipinski definition) is 6. The van der Waals surface area contributed by atoms with Gasteiger partial charge in [-0.1, -0.05) is 48.2 Å². The molecule has 1 unspecified atom stereocenters. The highest BCUT2D eigenvalue weighted by Crippen LogP contribution is 2.26. The van der Waals surface area contributed by atoms with Crippen LogP contribution in [0.4, 0.5) is 0 Å². The lowest BCUT2D eigenvalue weighted by atomic mass is 10.0. The normalized spacial score (nSPS) is 11.9. The maximum absolute atomic E-state index is 13.2. The third-order valence-corrected chi connectivity index (χ3v) is 6.49. The Labute approximate surface area is 201 Å². The van der Waals surface area contributed by atoms with E-state index in [1.807, 2.05) is 25.1 Å². The number of fused-ring (bicyclic) bond motifs is 1. The Morgan fingerprint density at radius 2 is 1.85 bits per heavy atom. The number of carbonyl (C=O) groups is 2. The lowest BCUT2D eigenvalue weighted by Crippen LogP contribution is -2.25. The summed E-state index contributed by atoms with van der Waals surface area (Å²) in [6, 6.07) is 18.2. The van der Waals surface area contributed by atoms with Crippen LogP contribution in [0, 0.1) is 0 Å². The molecule has 2 aromatic heterocycles. The molecule has 1 N–H and O–H groups in total. The van der Waals surface area contributed by atoms with Gasteiger partial charge in [-0.15, -0.1) is 0 Å². The number of furan rings is 1. The fraction of sp³-hybridized carbons (Fsp3) is 0.231. The largest absolute Gasteiger partial charge is 0.467 e. The molecule has 0 saturated heterocycles. The number of aromatic nitrogens is 2. The Morgan fingerprint density at radius 3 is 2.56 bits per heavy atom. The zero-order chi connectivity index (χ0) is 24.1. The second kappa shape index (κ2) is 10.5. The average molecular weight is 476 g/mol. The fourth-order valence-electron chi connectivity index (χ4n) is 3.60. The summed E-state index contributed by atoms with van der Waals surface area (Å²) in [4.78, 5) is 42.1. The third-order valence-electron chi connectivity index (χ3n) is 5.40. The maximum Gasteiger partial charge on any atom is 0.262 e. The highest BCUT2D eigenvalue weighted by atomic mass is 32.2. The molecule has 0 fully saturated rings. The molecule has 1 amide bonds. The van der Waals surface area contributed by atoms with Crippen molar-refractivity contribution >= 4 is 34.4 Å². The number of amides is 1. The van der Waals surface area contributed by atoms with E-state index >= 15 is 0 Å². The van der Waals surface area contributed by atoms with Crippen LogP contribution in [0.2, 0.25) is 0 Å². The van der Waals surface area contributed by atoms with Crippen molar-refractivity contribution in [3.05, 3.63) is 94.2 Å². The topological polar surface area (TPSA) is 94.2 Å². The van der Waals surface area contributed by atoms with E-state index in [0.29, 0.717) is 40.3 Å². The van der Waals surface area contributed by atoms with Crippen LogP contribution in [0.25, 0.3) is 10.9 Å². The van der Waals surface area contributed by atoms with Gasteiger partial charge in [0.2, 0.25) is 5.91 Å². The van der Waals surface area contributed by atoms with Gasteiger partial charge < -0.3 is 9.73 Å². The second-order valence-corrected chi connectivity index (χ2v) is 9.24. The van der Waals surface area contributed by atoms with Crippen LogP contribution in [0.3, 0.4) is 0 Å². The Balaban J connectivity index is 1.56. The Morgan fingerprint density at radius 1 is 1.09 bits per heavy atom. The molecule has 0 saturated carbocycles. The molecule has 2 heterocycles. The molecule has 1 atom stereocenters. The van der Waals surface area contributed by atoms with Gasteiger partial charge in [0.25, 0.3) is 5.56 Å². The minimum absolute atomic E-state index is 0.0506. The molecule has 0 aliphatic heterocycles.